The maximum Gasteiger partial charge on any atom is 0.0760 e. The molecule has 1 unspecified atom stereocenters. The van der Waals surface area contributed by atoms with E-state index in [1.165, 1.54) is 24.8 Å². The van der Waals surface area contributed by atoms with Crippen molar-refractivity contribution in [1.29, 1.82) is 0 Å². The van der Waals surface area contributed by atoms with Crippen LogP contribution in [0.4, 0.5) is 0 Å². The third-order valence-corrected chi connectivity index (χ3v) is 1.75. The van der Waals surface area contributed by atoms with Gasteiger partial charge < -0.3 is 5.11 Å². The van der Waals surface area contributed by atoms with Gasteiger partial charge in [0.1, 0.15) is 0 Å². The van der Waals surface area contributed by atoms with Gasteiger partial charge in [-0.05, 0) is 19.3 Å². The van der Waals surface area contributed by atoms with Gasteiger partial charge in [0.05, 0.1) is 6.10 Å². The van der Waals surface area contributed by atoms with Crippen molar-refractivity contribution in [2.45, 2.75) is 38.7 Å². The largest absolute Gasteiger partial charge is 0.389 e. The predicted octanol–water partition coefficient (Wildman–Crippen LogP) is 1.87. The van der Waals surface area contributed by atoms with E-state index in [2.05, 4.69) is 6.92 Å². The van der Waals surface area contributed by atoms with E-state index in [1.807, 2.05) is 6.08 Å². The highest BCUT2D eigenvalue weighted by Crippen LogP contribution is 2.23. The van der Waals surface area contributed by atoms with Crippen molar-refractivity contribution >= 4 is 0 Å². The molecule has 0 radical (unpaired) electrons. The average Bonchev–Trinajstić information content (AvgIpc) is 1.78. The monoisotopic (exact) mass is 126 g/mol. The summed E-state index contributed by atoms with van der Waals surface area (Å²) in [6.07, 6.45) is 6.52. The molecule has 1 heteroatoms. The molecule has 0 fully saturated rings. The fourth-order valence-corrected chi connectivity index (χ4v) is 1.10. The molecule has 0 heterocycles. The van der Waals surface area contributed by atoms with Crippen molar-refractivity contribution in [3.8, 4) is 0 Å². The Morgan fingerprint density at radius 3 is 2.89 bits per heavy atom. The fraction of sp³-hybridized carbons (Fsp3) is 0.750. The maximum atomic E-state index is 8.84. The fourth-order valence-electron chi connectivity index (χ4n) is 1.10. The van der Waals surface area contributed by atoms with Gasteiger partial charge >= 0.3 is 0 Å². The first-order valence-corrected chi connectivity index (χ1v) is 3.70. The van der Waals surface area contributed by atoms with Crippen molar-refractivity contribution in [2.24, 2.45) is 0 Å². The van der Waals surface area contributed by atoms with E-state index < -0.39 is 0 Å². The molecule has 9 heavy (non-hydrogen) atoms. The van der Waals surface area contributed by atoms with Crippen LogP contribution in [-0.4, -0.2) is 11.2 Å². The van der Waals surface area contributed by atoms with Crippen LogP contribution in [0.2, 0.25) is 0 Å². The minimum atomic E-state index is -0.114. The molecule has 1 aliphatic carbocycles. The van der Waals surface area contributed by atoms with Crippen LogP contribution in [-0.2, 0) is 0 Å². The molecule has 0 aromatic heterocycles. The van der Waals surface area contributed by atoms with Crippen molar-refractivity contribution in [2.75, 3.05) is 0 Å². The zero-order valence-corrected chi connectivity index (χ0v) is 5.93. The summed E-state index contributed by atoms with van der Waals surface area (Å²) in [4.78, 5) is 0. The Hall–Kier alpha value is -0.300. The zero-order valence-electron chi connectivity index (χ0n) is 5.93. The molecule has 0 aromatic rings. The second kappa shape index (κ2) is 3.02. The van der Waals surface area contributed by atoms with Gasteiger partial charge in [-0.3, -0.25) is 0 Å². The lowest BCUT2D eigenvalue weighted by Crippen LogP contribution is -2.14. The van der Waals surface area contributed by atoms with Crippen molar-refractivity contribution in [3.63, 3.8) is 0 Å². The Bertz CT molecular complexity index is 116. The first-order valence-electron chi connectivity index (χ1n) is 3.70. The molecule has 0 spiro atoms. The Kier molecular flexibility index (Phi) is 2.29. The van der Waals surface area contributed by atoms with Gasteiger partial charge in [0.2, 0.25) is 0 Å². The van der Waals surface area contributed by atoms with E-state index >= 15 is 0 Å². The van der Waals surface area contributed by atoms with Gasteiger partial charge in [-0.25, -0.2) is 0 Å². The van der Waals surface area contributed by atoms with Gasteiger partial charge in [-0.2, -0.15) is 0 Å². The lowest BCUT2D eigenvalue weighted by atomic mass is 9.92. The number of aliphatic hydroxyl groups excluding tert-OH is 1. The third-order valence-electron chi connectivity index (χ3n) is 1.75. The van der Waals surface area contributed by atoms with Gasteiger partial charge in [-0.15, -0.1) is 0 Å². The van der Waals surface area contributed by atoms with Crippen LogP contribution in [0.5, 0.6) is 0 Å². The summed E-state index contributed by atoms with van der Waals surface area (Å²) in [6.45, 7) is 2.19. The SMILES string of the molecule is CCCCC1=CC(O)C1. The van der Waals surface area contributed by atoms with Gasteiger partial charge in [-0.1, -0.05) is 25.0 Å². The normalized spacial score (nSPS) is 25.1. The quantitative estimate of drug-likeness (QED) is 0.572. The Morgan fingerprint density at radius 2 is 2.44 bits per heavy atom. The summed E-state index contributed by atoms with van der Waals surface area (Å²) in [5.74, 6) is 0. The van der Waals surface area contributed by atoms with E-state index in [1.54, 1.807) is 0 Å². The van der Waals surface area contributed by atoms with Crippen LogP contribution in [0.25, 0.3) is 0 Å². The van der Waals surface area contributed by atoms with Gasteiger partial charge in [0.15, 0.2) is 0 Å². The molecule has 1 nitrogen and oxygen atoms in total. The van der Waals surface area contributed by atoms with E-state index in [0.717, 1.165) is 6.42 Å². The van der Waals surface area contributed by atoms with Crippen LogP contribution >= 0.6 is 0 Å². The average molecular weight is 126 g/mol. The van der Waals surface area contributed by atoms with Gasteiger partial charge in [0, 0.05) is 0 Å². The predicted molar refractivity (Wildman–Crippen MR) is 38.2 cm³/mol. The van der Waals surface area contributed by atoms with E-state index in [-0.39, 0.29) is 6.10 Å². The molecule has 0 amide bonds. The maximum absolute atomic E-state index is 8.84. The van der Waals surface area contributed by atoms with E-state index in [9.17, 15) is 0 Å². The number of rotatable bonds is 3. The molecule has 0 aromatic carbocycles. The summed E-state index contributed by atoms with van der Waals surface area (Å²) in [6, 6.07) is 0. The highest BCUT2D eigenvalue weighted by atomic mass is 16.3. The standard InChI is InChI=1S/C8H14O/c1-2-3-4-7-5-8(9)6-7/h5,8-9H,2-4,6H2,1H3. The number of hydrogen-bond donors (Lipinski definition) is 1. The lowest BCUT2D eigenvalue weighted by Gasteiger charge is -2.19. The molecule has 0 bridgehead atoms. The molecule has 1 aliphatic rings. The molecule has 0 saturated carbocycles. The number of unbranched alkanes of at least 4 members (excludes halogenated alkanes) is 1. The first kappa shape index (κ1) is 6.81. The van der Waals surface area contributed by atoms with Crippen LogP contribution in [0.15, 0.2) is 11.6 Å². The van der Waals surface area contributed by atoms with Gasteiger partial charge in [0.25, 0.3) is 0 Å². The van der Waals surface area contributed by atoms with Crippen LogP contribution in [0.3, 0.4) is 0 Å². The molecule has 0 saturated heterocycles. The van der Waals surface area contributed by atoms with Crippen molar-refractivity contribution < 1.29 is 5.11 Å². The summed E-state index contributed by atoms with van der Waals surface area (Å²) in [7, 11) is 0. The van der Waals surface area contributed by atoms with Crippen molar-refractivity contribution in [3.05, 3.63) is 11.6 Å². The summed E-state index contributed by atoms with van der Waals surface area (Å²) < 4.78 is 0. The second-order valence-electron chi connectivity index (χ2n) is 2.70. The van der Waals surface area contributed by atoms with Crippen LogP contribution in [0.1, 0.15) is 32.6 Å². The lowest BCUT2D eigenvalue weighted by molar-refractivity contribution is 0.200. The highest BCUT2D eigenvalue weighted by Gasteiger charge is 2.14. The first-order chi connectivity index (χ1) is 4.33. The van der Waals surface area contributed by atoms with Crippen molar-refractivity contribution in [1.82, 2.24) is 0 Å². The molecular weight excluding hydrogens is 112 g/mol. The number of hydrogen-bond acceptors (Lipinski definition) is 1. The zero-order chi connectivity index (χ0) is 6.69. The minimum Gasteiger partial charge on any atom is -0.389 e. The number of aliphatic hydroxyl groups is 1. The summed E-state index contributed by atoms with van der Waals surface area (Å²) >= 11 is 0. The molecule has 1 atom stereocenters. The Balaban J connectivity index is 2.09. The molecule has 52 valence electrons. The Morgan fingerprint density at radius 1 is 1.78 bits per heavy atom. The summed E-state index contributed by atoms with van der Waals surface area (Å²) in [5, 5.41) is 8.84. The molecule has 0 aliphatic heterocycles. The smallest absolute Gasteiger partial charge is 0.0760 e. The molecular formula is C8H14O. The highest BCUT2D eigenvalue weighted by molar-refractivity contribution is 5.17. The minimum absolute atomic E-state index is 0.114. The van der Waals surface area contributed by atoms with Crippen LogP contribution in [0, 0.1) is 0 Å². The summed E-state index contributed by atoms with van der Waals surface area (Å²) in [5.41, 5.74) is 1.45. The van der Waals surface area contributed by atoms with E-state index in [4.69, 9.17) is 5.11 Å². The molecule has 1 rings (SSSR count). The molecule has 1 N–H and O–H groups in total. The second-order valence-corrected chi connectivity index (χ2v) is 2.70. The van der Waals surface area contributed by atoms with Crippen LogP contribution < -0.4 is 0 Å². The Labute approximate surface area is 56.4 Å². The van der Waals surface area contributed by atoms with E-state index in [0.29, 0.717) is 0 Å². The third kappa shape index (κ3) is 1.83. The topological polar surface area (TPSA) is 20.2 Å².